The van der Waals surface area contributed by atoms with E-state index in [2.05, 4.69) is 22.4 Å². The average molecular weight is 350 g/mol. The van der Waals surface area contributed by atoms with Gasteiger partial charge >= 0.3 is 0 Å². The Morgan fingerprint density at radius 1 is 1.26 bits per heavy atom. The lowest BCUT2D eigenvalue weighted by Crippen LogP contribution is -2.29. The zero-order chi connectivity index (χ0) is 16.4. The van der Waals surface area contributed by atoms with Gasteiger partial charge in [-0.1, -0.05) is 18.2 Å². The van der Waals surface area contributed by atoms with Crippen LogP contribution < -0.4 is 0 Å². The summed E-state index contributed by atoms with van der Waals surface area (Å²) in [4.78, 5) is 4.17. The van der Waals surface area contributed by atoms with Crippen molar-refractivity contribution in [2.45, 2.75) is 37.6 Å². The molecule has 0 radical (unpaired) electrons. The van der Waals surface area contributed by atoms with Gasteiger partial charge in [-0.15, -0.1) is 11.3 Å². The second kappa shape index (κ2) is 6.75. The van der Waals surface area contributed by atoms with Gasteiger partial charge in [-0.05, 0) is 61.9 Å². The van der Waals surface area contributed by atoms with Gasteiger partial charge in [0.2, 0.25) is 0 Å². The Morgan fingerprint density at radius 3 is 2.83 bits per heavy atom. The molecule has 3 rings (SSSR count). The normalized spacial score (nSPS) is 19.3. The number of sulfone groups is 1. The van der Waals surface area contributed by atoms with Crippen molar-refractivity contribution >= 4 is 21.2 Å². The predicted molar refractivity (Wildman–Crippen MR) is 95.8 cm³/mol. The standard InChI is InChI=1S/C18H23NO2S2/c1-14-7-8-15(2)18(13-14)23(20,21)12-10-19-9-3-5-16(19)17-6-4-11-22-17/h4,6-8,11,13,16H,3,5,9-10,12H2,1-2H3. The lowest BCUT2D eigenvalue weighted by atomic mass is 10.2. The van der Waals surface area contributed by atoms with Crippen LogP contribution in [0.3, 0.4) is 0 Å². The molecule has 0 amide bonds. The highest BCUT2D eigenvalue weighted by atomic mass is 32.2. The number of aryl methyl sites for hydroxylation is 2. The summed E-state index contributed by atoms with van der Waals surface area (Å²) in [5.41, 5.74) is 1.83. The first-order valence-electron chi connectivity index (χ1n) is 8.05. The molecule has 2 aromatic rings. The molecule has 3 nitrogen and oxygen atoms in total. The summed E-state index contributed by atoms with van der Waals surface area (Å²) in [7, 11) is -3.23. The van der Waals surface area contributed by atoms with Gasteiger partial charge in [0.05, 0.1) is 10.6 Å². The summed E-state index contributed by atoms with van der Waals surface area (Å²) in [5, 5.41) is 2.10. The van der Waals surface area contributed by atoms with Crippen LogP contribution in [-0.2, 0) is 9.84 Å². The molecular formula is C18H23NO2S2. The monoisotopic (exact) mass is 349 g/mol. The largest absolute Gasteiger partial charge is 0.294 e. The van der Waals surface area contributed by atoms with Gasteiger partial charge in [0.15, 0.2) is 9.84 Å². The molecule has 1 aromatic heterocycles. The smallest absolute Gasteiger partial charge is 0.179 e. The zero-order valence-corrected chi connectivity index (χ0v) is 15.3. The van der Waals surface area contributed by atoms with Crippen LogP contribution >= 0.6 is 11.3 Å². The Labute approximate surface area is 142 Å². The number of likely N-dealkylation sites (tertiary alicyclic amines) is 1. The molecule has 0 N–H and O–H groups in total. The number of benzene rings is 1. The van der Waals surface area contributed by atoms with Crippen LogP contribution in [-0.4, -0.2) is 32.2 Å². The first-order valence-corrected chi connectivity index (χ1v) is 10.6. The first-order chi connectivity index (χ1) is 11.0. The second-order valence-corrected chi connectivity index (χ2v) is 9.35. The highest BCUT2D eigenvalue weighted by Gasteiger charge is 2.28. The van der Waals surface area contributed by atoms with Crippen LogP contribution in [0.4, 0.5) is 0 Å². The lowest BCUT2D eigenvalue weighted by molar-refractivity contribution is 0.276. The molecule has 0 spiro atoms. The van der Waals surface area contributed by atoms with Crippen molar-refractivity contribution < 1.29 is 8.42 Å². The van der Waals surface area contributed by atoms with Gasteiger partial charge in [0.1, 0.15) is 0 Å². The van der Waals surface area contributed by atoms with Crippen LogP contribution in [0.25, 0.3) is 0 Å². The molecule has 124 valence electrons. The zero-order valence-electron chi connectivity index (χ0n) is 13.7. The molecular weight excluding hydrogens is 326 g/mol. The summed E-state index contributed by atoms with van der Waals surface area (Å²) >= 11 is 1.77. The fourth-order valence-corrected chi connectivity index (χ4v) is 5.80. The summed E-state index contributed by atoms with van der Waals surface area (Å²) < 4.78 is 25.5. The molecule has 1 saturated heterocycles. The topological polar surface area (TPSA) is 37.4 Å². The molecule has 1 aliphatic heterocycles. The molecule has 1 aliphatic rings. The quantitative estimate of drug-likeness (QED) is 0.819. The number of thiophene rings is 1. The second-order valence-electron chi connectivity index (χ2n) is 6.30. The van der Waals surface area contributed by atoms with Gasteiger partial charge in [-0.2, -0.15) is 0 Å². The van der Waals surface area contributed by atoms with E-state index in [9.17, 15) is 8.42 Å². The van der Waals surface area contributed by atoms with Gasteiger partial charge in [-0.25, -0.2) is 8.42 Å². The Balaban J connectivity index is 1.73. The Bertz CT molecular complexity index is 766. The minimum atomic E-state index is -3.23. The van der Waals surface area contributed by atoms with Gasteiger partial charge in [0.25, 0.3) is 0 Å². The Kier molecular flexibility index (Phi) is 4.90. The predicted octanol–water partition coefficient (Wildman–Crippen LogP) is 3.98. The minimum Gasteiger partial charge on any atom is -0.294 e. The third-order valence-corrected chi connectivity index (χ3v) is 7.36. The Morgan fingerprint density at radius 2 is 2.09 bits per heavy atom. The molecule has 23 heavy (non-hydrogen) atoms. The molecule has 0 bridgehead atoms. The maximum atomic E-state index is 12.7. The number of hydrogen-bond acceptors (Lipinski definition) is 4. The first kappa shape index (κ1) is 16.7. The van der Waals surface area contributed by atoms with Crippen LogP contribution in [0.2, 0.25) is 0 Å². The number of hydrogen-bond donors (Lipinski definition) is 0. The third-order valence-electron chi connectivity index (χ3n) is 4.56. The molecule has 0 saturated carbocycles. The third kappa shape index (κ3) is 3.67. The Hall–Kier alpha value is -1.17. The van der Waals surface area contributed by atoms with Gasteiger partial charge < -0.3 is 0 Å². The van der Waals surface area contributed by atoms with Gasteiger partial charge in [0, 0.05) is 17.5 Å². The maximum absolute atomic E-state index is 12.7. The van der Waals surface area contributed by atoms with E-state index < -0.39 is 9.84 Å². The van der Waals surface area contributed by atoms with Crippen LogP contribution in [0, 0.1) is 13.8 Å². The van der Waals surface area contributed by atoms with Crippen LogP contribution in [0.15, 0.2) is 40.6 Å². The summed E-state index contributed by atoms with van der Waals surface area (Å²) in [5.74, 6) is 0.194. The molecule has 1 unspecified atom stereocenters. The molecule has 2 heterocycles. The van der Waals surface area contributed by atoms with Crippen molar-refractivity contribution in [3.05, 3.63) is 51.7 Å². The van der Waals surface area contributed by atoms with E-state index in [4.69, 9.17) is 0 Å². The summed E-state index contributed by atoms with van der Waals surface area (Å²) in [6.45, 7) is 5.41. The molecule has 0 aliphatic carbocycles. The van der Waals surface area contributed by atoms with E-state index in [0.29, 0.717) is 17.5 Å². The van der Waals surface area contributed by atoms with Crippen molar-refractivity contribution in [2.75, 3.05) is 18.8 Å². The fraction of sp³-hybridized carbons (Fsp3) is 0.444. The van der Waals surface area contributed by atoms with E-state index >= 15 is 0 Å². The van der Waals surface area contributed by atoms with E-state index in [-0.39, 0.29) is 5.75 Å². The van der Waals surface area contributed by atoms with E-state index in [0.717, 1.165) is 30.5 Å². The maximum Gasteiger partial charge on any atom is 0.179 e. The van der Waals surface area contributed by atoms with Crippen molar-refractivity contribution in [2.24, 2.45) is 0 Å². The van der Waals surface area contributed by atoms with E-state index in [1.54, 1.807) is 17.4 Å². The molecule has 1 atom stereocenters. The highest BCUT2D eigenvalue weighted by Crippen LogP contribution is 2.34. The highest BCUT2D eigenvalue weighted by molar-refractivity contribution is 7.91. The average Bonchev–Trinajstić information content (AvgIpc) is 3.17. The molecule has 1 fully saturated rings. The van der Waals surface area contributed by atoms with Crippen molar-refractivity contribution in [3.8, 4) is 0 Å². The van der Waals surface area contributed by atoms with E-state index in [1.165, 1.54) is 4.88 Å². The number of nitrogens with zero attached hydrogens (tertiary/aromatic N) is 1. The van der Waals surface area contributed by atoms with Crippen molar-refractivity contribution in [3.63, 3.8) is 0 Å². The van der Waals surface area contributed by atoms with Crippen LogP contribution in [0.1, 0.15) is 34.9 Å². The van der Waals surface area contributed by atoms with Gasteiger partial charge in [-0.3, -0.25) is 4.90 Å². The SMILES string of the molecule is Cc1ccc(C)c(S(=O)(=O)CCN2CCCC2c2cccs2)c1. The lowest BCUT2D eigenvalue weighted by Gasteiger charge is -2.23. The fourth-order valence-electron chi connectivity index (χ4n) is 3.29. The summed E-state index contributed by atoms with van der Waals surface area (Å²) in [6.07, 6.45) is 2.27. The summed E-state index contributed by atoms with van der Waals surface area (Å²) in [6, 6.07) is 10.3. The van der Waals surface area contributed by atoms with Crippen molar-refractivity contribution in [1.82, 2.24) is 4.90 Å². The van der Waals surface area contributed by atoms with E-state index in [1.807, 2.05) is 26.0 Å². The minimum absolute atomic E-state index is 0.194. The molecule has 5 heteroatoms. The number of rotatable bonds is 5. The van der Waals surface area contributed by atoms with Crippen molar-refractivity contribution in [1.29, 1.82) is 0 Å². The van der Waals surface area contributed by atoms with Crippen LogP contribution in [0.5, 0.6) is 0 Å². The molecule has 1 aromatic carbocycles.